The van der Waals surface area contributed by atoms with Crippen molar-refractivity contribution in [3.63, 3.8) is 0 Å². The van der Waals surface area contributed by atoms with Crippen molar-refractivity contribution in [1.82, 2.24) is 9.55 Å². The van der Waals surface area contributed by atoms with Crippen molar-refractivity contribution in [2.75, 3.05) is 0 Å². The van der Waals surface area contributed by atoms with Gasteiger partial charge in [-0.1, -0.05) is 54.4 Å². The van der Waals surface area contributed by atoms with E-state index in [9.17, 15) is 9.59 Å². The third kappa shape index (κ3) is 3.68. The normalized spacial score (nSPS) is 12.3. The molecule has 0 fully saturated rings. The summed E-state index contributed by atoms with van der Waals surface area (Å²) in [6.45, 7) is 7.92. The largest absolute Gasteiger partial charge is 0.368 e. The van der Waals surface area contributed by atoms with E-state index in [4.69, 9.17) is 10.7 Å². The average molecular weight is 432 g/mol. The number of thiophene rings is 1. The van der Waals surface area contributed by atoms with Gasteiger partial charge in [0.25, 0.3) is 5.56 Å². The lowest BCUT2D eigenvalue weighted by atomic mass is 9.99. The molecule has 4 rings (SSSR count). The minimum absolute atomic E-state index is 0.233. The number of fused-ring (bicyclic) bond motifs is 1. The van der Waals surface area contributed by atoms with Gasteiger partial charge in [0.05, 0.1) is 5.39 Å². The zero-order chi connectivity index (χ0) is 22.3. The van der Waals surface area contributed by atoms with Crippen molar-refractivity contribution < 1.29 is 4.79 Å². The van der Waals surface area contributed by atoms with E-state index in [1.807, 2.05) is 69.5 Å². The van der Waals surface area contributed by atoms with E-state index < -0.39 is 11.9 Å². The Morgan fingerprint density at radius 2 is 1.84 bits per heavy atom. The van der Waals surface area contributed by atoms with Crippen LogP contribution in [0.3, 0.4) is 0 Å². The Morgan fingerprint density at radius 3 is 2.48 bits per heavy atom. The van der Waals surface area contributed by atoms with E-state index in [1.54, 1.807) is 0 Å². The van der Waals surface area contributed by atoms with Crippen molar-refractivity contribution in [3.8, 4) is 22.5 Å². The van der Waals surface area contributed by atoms with E-state index in [1.165, 1.54) is 15.9 Å². The molecule has 158 valence electrons. The second-order valence-corrected chi connectivity index (χ2v) is 8.81. The lowest BCUT2D eigenvalue weighted by molar-refractivity contribution is -0.121. The van der Waals surface area contributed by atoms with Crippen LogP contribution < -0.4 is 11.3 Å². The van der Waals surface area contributed by atoms with E-state index >= 15 is 0 Å². The lowest BCUT2D eigenvalue weighted by Crippen LogP contribution is -2.35. The van der Waals surface area contributed by atoms with Crippen LogP contribution in [0.1, 0.15) is 36.1 Å². The molecule has 0 radical (unpaired) electrons. The maximum Gasteiger partial charge on any atom is 0.263 e. The van der Waals surface area contributed by atoms with E-state index in [0.29, 0.717) is 22.5 Å². The summed E-state index contributed by atoms with van der Waals surface area (Å²) in [5.41, 5.74) is 11.4. The Balaban J connectivity index is 2.09. The van der Waals surface area contributed by atoms with Crippen LogP contribution in [0.15, 0.2) is 52.6 Å². The van der Waals surface area contributed by atoms with Gasteiger partial charge < -0.3 is 5.73 Å². The predicted octanol–water partition coefficient (Wildman–Crippen LogP) is 5.15. The van der Waals surface area contributed by atoms with Crippen LogP contribution in [0.4, 0.5) is 0 Å². The molecule has 0 aliphatic rings. The molecule has 31 heavy (non-hydrogen) atoms. The molecule has 2 aromatic carbocycles. The zero-order valence-electron chi connectivity index (χ0n) is 18.1. The summed E-state index contributed by atoms with van der Waals surface area (Å²) in [7, 11) is 0. The highest BCUT2D eigenvalue weighted by Gasteiger charge is 2.25. The summed E-state index contributed by atoms with van der Waals surface area (Å²) in [5.74, 6) is -0.0659. The van der Waals surface area contributed by atoms with Crippen molar-refractivity contribution in [2.24, 2.45) is 5.73 Å². The molecule has 2 aromatic heterocycles. The molecule has 5 nitrogen and oxygen atoms in total. The molecular formula is C25H25N3O2S. The predicted molar refractivity (Wildman–Crippen MR) is 127 cm³/mol. The summed E-state index contributed by atoms with van der Waals surface area (Å²) < 4.78 is 1.49. The van der Waals surface area contributed by atoms with Gasteiger partial charge in [0.15, 0.2) is 0 Å². The highest BCUT2D eigenvalue weighted by molar-refractivity contribution is 7.17. The Hall–Kier alpha value is -3.25. The van der Waals surface area contributed by atoms with Crippen LogP contribution in [0, 0.1) is 20.8 Å². The number of rotatable bonds is 5. The number of aromatic nitrogens is 2. The number of benzene rings is 2. The highest BCUT2D eigenvalue weighted by Crippen LogP contribution is 2.35. The highest BCUT2D eigenvalue weighted by atomic mass is 32.1. The molecule has 0 saturated carbocycles. The van der Waals surface area contributed by atoms with Crippen LogP contribution >= 0.6 is 11.3 Å². The van der Waals surface area contributed by atoms with E-state index in [-0.39, 0.29) is 5.56 Å². The molecule has 4 aromatic rings. The number of carbonyl (C=O) groups is 1. The number of carbonyl (C=O) groups excluding carboxylic acids is 1. The fourth-order valence-electron chi connectivity index (χ4n) is 4.11. The molecule has 0 bridgehead atoms. The Kier molecular flexibility index (Phi) is 5.50. The number of primary amides is 1. The van der Waals surface area contributed by atoms with E-state index in [2.05, 4.69) is 6.07 Å². The van der Waals surface area contributed by atoms with Gasteiger partial charge in [-0.15, -0.1) is 11.3 Å². The molecule has 0 aliphatic heterocycles. The molecule has 1 unspecified atom stereocenters. The Bertz CT molecular complexity index is 1370. The van der Waals surface area contributed by atoms with Crippen LogP contribution in [-0.2, 0) is 4.79 Å². The summed E-state index contributed by atoms with van der Waals surface area (Å²) in [6, 6.07) is 13.2. The molecule has 0 spiro atoms. The number of nitrogens with two attached hydrogens (primary N) is 1. The van der Waals surface area contributed by atoms with Gasteiger partial charge in [-0.3, -0.25) is 14.2 Å². The van der Waals surface area contributed by atoms with Crippen molar-refractivity contribution in [3.05, 3.63) is 74.9 Å². The van der Waals surface area contributed by atoms with Crippen LogP contribution in [0.25, 0.3) is 32.7 Å². The summed E-state index contributed by atoms with van der Waals surface area (Å²) in [4.78, 5) is 31.7. The van der Waals surface area contributed by atoms with Gasteiger partial charge in [-0.25, -0.2) is 4.98 Å². The first-order chi connectivity index (χ1) is 14.8. The third-order valence-corrected chi connectivity index (χ3v) is 6.49. The fourth-order valence-corrected chi connectivity index (χ4v) is 5.03. The first-order valence-corrected chi connectivity index (χ1v) is 11.2. The average Bonchev–Trinajstić information content (AvgIpc) is 3.14. The fraction of sp³-hybridized carbons (Fsp3) is 0.240. The van der Waals surface area contributed by atoms with Crippen molar-refractivity contribution >= 4 is 27.5 Å². The Labute approximate surface area is 185 Å². The quantitative estimate of drug-likeness (QED) is 0.474. The molecule has 2 N–H and O–H groups in total. The SMILES string of the molecule is CCC(C(N)=O)n1c(-c2cccc(C)c2)nc2scc(-c3ccc(C)cc3C)c2c1=O. The van der Waals surface area contributed by atoms with Crippen LogP contribution in [-0.4, -0.2) is 15.5 Å². The minimum atomic E-state index is -0.772. The maximum atomic E-state index is 13.9. The van der Waals surface area contributed by atoms with E-state index in [0.717, 1.165) is 33.4 Å². The molecule has 0 saturated heterocycles. The second kappa shape index (κ2) is 8.12. The summed E-state index contributed by atoms with van der Waals surface area (Å²) >= 11 is 1.44. The third-order valence-electron chi connectivity index (χ3n) is 5.62. The monoisotopic (exact) mass is 431 g/mol. The smallest absolute Gasteiger partial charge is 0.263 e. The standard InChI is InChI=1S/C25H25N3O2S/c1-5-20(22(26)29)28-23(17-8-6-7-14(2)12-17)27-24-21(25(28)30)19(13-31-24)18-10-9-15(3)11-16(18)4/h6-13,20H,5H2,1-4H3,(H2,26,29). The van der Waals surface area contributed by atoms with Gasteiger partial charge in [0.1, 0.15) is 16.7 Å². The molecule has 6 heteroatoms. The number of amides is 1. The molecule has 2 heterocycles. The maximum absolute atomic E-state index is 13.9. The molecule has 1 atom stereocenters. The Morgan fingerprint density at radius 1 is 1.10 bits per heavy atom. The number of aryl methyl sites for hydroxylation is 3. The zero-order valence-corrected chi connectivity index (χ0v) is 18.9. The number of hydrogen-bond acceptors (Lipinski definition) is 4. The van der Waals surface area contributed by atoms with Crippen molar-refractivity contribution in [2.45, 2.75) is 40.2 Å². The van der Waals surface area contributed by atoms with Crippen molar-refractivity contribution in [1.29, 1.82) is 0 Å². The minimum Gasteiger partial charge on any atom is -0.368 e. The summed E-state index contributed by atoms with van der Waals surface area (Å²) in [5, 5.41) is 2.51. The van der Waals surface area contributed by atoms with Crippen LogP contribution in [0.2, 0.25) is 0 Å². The molecular weight excluding hydrogens is 406 g/mol. The van der Waals surface area contributed by atoms with Gasteiger partial charge in [-0.2, -0.15) is 0 Å². The van der Waals surface area contributed by atoms with Gasteiger partial charge in [0, 0.05) is 16.5 Å². The molecule has 0 aliphatic carbocycles. The number of hydrogen-bond donors (Lipinski definition) is 1. The first-order valence-electron chi connectivity index (χ1n) is 10.3. The summed E-state index contributed by atoms with van der Waals surface area (Å²) in [6.07, 6.45) is 0.407. The van der Waals surface area contributed by atoms with Gasteiger partial charge in [0.2, 0.25) is 5.91 Å². The first kappa shape index (κ1) is 21.0. The molecule has 1 amide bonds. The topological polar surface area (TPSA) is 78.0 Å². The number of nitrogens with zero attached hydrogens (tertiary/aromatic N) is 2. The second-order valence-electron chi connectivity index (χ2n) is 7.95. The van der Waals surface area contributed by atoms with Gasteiger partial charge >= 0.3 is 0 Å². The van der Waals surface area contributed by atoms with Gasteiger partial charge in [-0.05, 0) is 44.4 Å². The van der Waals surface area contributed by atoms with Crippen LogP contribution in [0.5, 0.6) is 0 Å². The lowest BCUT2D eigenvalue weighted by Gasteiger charge is -2.19.